The summed E-state index contributed by atoms with van der Waals surface area (Å²) in [5.41, 5.74) is 2.20. The lowest BCUT2D eigenvalue weighted by Crippen LogP contribution is -2.51. The van der Waals surface area contributed by atoms with E-state index in [9.17, 15) is 18.0 Å². The first-order chi connectivity index (χ1) is 14.5. The van der Waals surface area contributed by atoms with E-state index in [0.717, 1.165) is 26.2 Å². The molecule has 0 aliphatic carbocycles. The molecule has 0 radical (unpaired) electrons. The van der Waals surface area contributed by atoms with Crippen molar-refractivity contribution in [1.82, 2.24) is 10.2 Å². The zero-order valence-corrected chi connectivity index (χ0v) is 20.5. The van der Waals surface area contributed by atoms with E-state index in [0.29, 0.717) is 12.2 Å². The largest absolute Gasteiger partial charge is 0.355 e. The molecule has 0 aliphatic rings. The molecule has 0 aliphatic heterocycles. The predicted octanol–water partition coefficient (Wildman–Crippen LogP) is 3.08. The van der Waals surface area contributed by atoms with Gasteiger partial charge in [-0.25, -0.2) is 8.42 Å². The number of benzene rings is 2. The van der Waals surface area contributed by atoms with Crippen molar-refractivity contribution in [3.63, 3.8) is 0 Å². The fourth-order valence-corrected chi connectivity index (χ4v) is 4.13. The Morgan fingerprint density at radius 2 is 1.65 bits per heavy atom. The van der Waals surface area contributed by atoms with E-state index in [4.69, 9.17) is 0 Å². The number of sulfonamides is 1. The van der Waals surface area contributed by atoms with Crippen molar-refractivity contribution in [3.8, 4) is 0 Å². The van der Waals surface area contributed by atoms with Gasteiger partial charge in [0.25, 0.3) is 0 Å². The van der Waals surface area contributed by atoms with E-state index in [2.05, 4.69) is 21.2 Å². The fraction of sp³-hybridized carbons (Fsp3) is 0.364. The minimum atomic E-state index is -3.71. The minimum absolute atomic E-state index is 0.177. The second-order valence-electron chi connectivity index (χ2n) is 7.32. The molecule has 0 spiro atoms. The van der Waals surface area contributed by atoms with Crippen LogP contribution in [0.1, 0.15) is 25.0 Å². The van der Waals surface area contributed by atoms with Crippen molar-refractivity contribution in [2.75, 3.05) is 23.7 Å². The molecule has 2 aromatic carbocycles. The number of rotatable bonds is 9. The van der Waals surface area contributed by atoms with E-state index in [1.165, 1.54) is 4.90 Å². The molecule has 1 atom stereocenters. The predicted molar refractivity (Wildman–Crippen MR) is 126 cm³/mol. The Balaban J connectivity index is 2.35. The average molecular weight is 510 g/mol. The van der Waals surface area contributed by atoms with Crippen LogP contribution in [0.4, 0.5) is 5.69 Å². The number of amides is 2. The van der Waals surface area contributed by atoms with Crippen LogP contribution in [-0.4, -0.2) is 50.5 Å². The summed E-state index contributed by atoms with van der Waals surface area (Å²) >= 11 is 3.38. The number of hydrogen-bond acceptors (Lipinski definition) is 4. The average Bonchev–Trinajstić information content (AvgIpc) is 2.71. The molecule has 0 bridgehead atoms. The highest BCUT2D eigenvalue weighted by molar-refractivity contribution is 9.10. The quantitative estimate of drug-likeness (QED) is 0.562. The molecule has 0 saturated carbocycles. The summed E-state index contributed by atoms with van der Waals surface area (Å²) in [6.45, 7) is 5.54. The van der Waals surface area contributed by atoms with Crippen LogP contribution in [0.25, 0.3) is 0 Å². The van der Waals surface area contributed by atoms with Gasteiger partial charge in [-0.3, -0.25) is 13.9 Å². The van der Waals surface area contributed by atoms with Gasteiger partial charge in [0.05, 0.1) is 11.9 Å². The van der Waals surface area contributed by atoms with Crippen LogP contribution >= 0.6 is 15.9 Å². The maximum absolute atomic E-state index is 13.3. The van der Waals surface area contributed by atoms with E-state index in [-0.39, 0.29) is 12.5 Å². The van der Waals surface area contributed by atoms with Gasteiger partial charge in [0.15, 0.2) is 0 Å². The molecule has 2 rings (SSSR count). The Hall–Kier alpha value is -2.39. The molecular weight excluding hydrogens is 482 g/mol. The minimum Gasteiger partial charge on any atom is -0.355 e. The van der Waals surface area contributed by atoms with Crippen molar-refractivity contribution in [1.29, 1.82) is 0 Å². The molecule has 0 heterocycles. The van der Waals surface area contributed by atoms with E-state index in [1.54, 1.807) is 38.1 Å². The smallest absolute Gasteiger partial charge is 0.244 e. The van der Waals surface area contributed by atoms with E-state index in [1.807, 2.05) is 31.2 Å². The lowest BCUT2D eigenvalue weighted by molar-refractivity contribution is -0.139. The summed E-state index contributed by atoms with van der Waals surface area (Å²) < 4.78 is 26.9. The van der Waals surface area contributed by atoms with Crippen molar-refractivity contribution >= 4 is 43.5 Å². The van der Waals surface area contributed by atoms with Gasteiger partial charge < -0.3 is 10.2 Å². The number of likely N-dealkylation sites (N-methyl/N-ethyl adjacent to an activating group) is 1. The van der Waals surface area contributed by atoms with Crippen LogP contribution in [-0.2, 0) is 26.2 Å². The maximum Gasteiger partial charge on any atom is 0.244 e. The number of aryl methyl sites for hydroxylation is 1. The van der Waals surface area contributed by atoms with Gasteiger partial charge in [0, 0.05) is 17.6 Å². The third-order valence-electron chi connectivity index (χ3n) is 4.79. The molecule has 0 fully saturated rings. The first kappa shape index (κ1) is 24.9. The standard InChI is InChI=1S/C22H28BrN3O4S/c1-5-24-22(28)17(3)25(14-18-8-10-19(23)11-9-18)21(27)15-26(31(4,29)30)20-12-6-16(2)7-13-20/h6-13,17H,5,14-15H2,1-4H3,(H,24,28)/t17-/m0/s1. The number of halogens is 1. The third-order valence-corrected chi connectivity index (χ3v) is 6.45. The van der Waals surface area contributed by atoms with Gasteiger partial charge in [0.2, 0.25) is 21.8 Å². The van der Waals surface area contributed by atoms with Crippen LogP contribution in [0.3, 0.4) is 0 Å². The first-order valence-electron chi connectivity index (χ1n) is 9.89. The van der Waals surface area contributed by atoms with E-state index < -0.39 is 28.5 Å². The first-order valence-corrected chi connectivity index (χ1v) is 12.5. The highest BCUT2D eigenvalue weighted by Crippen LogP contribution is 2.20. The molecule has 0 saturated heterocycles. The molecule has 0 aromatic heterocycles. The van der Waals surface area contributed by atoms with Crippen LogP contribution in [0.2, 0.25) is 0 Å². The molecule has 31 heavy (non-hydrogen) atoms. The molecule has 2 aromatic rings. The zero-order valence-electron chi connectivity index (χ0n) is 18.1. The Labute approximate surface area is 192 Å². The van der Waals surface area contributed by atoms with Gasteiger partial charge in [-0.05, 0) is 50.6 Å². The van der Waals surface area contributed by atoms with Crippen molar-refractivity contribution in [2.45, 2.75) is 33.4 Å². The number of anilines is 1. The monoisotopic (exact) mass is 509 g/mol. The lowest BCUT2D eigenvalue weighted by atomic mass is 10.1. The fourth-order valence-electron chi connectivity index (χ4n) is 3.02. The second kappa shape index (κ2) is 10.8. The summed E-state index contributed by atoms with van der Waals surface area (Å²) in [5.74, 6) is -0.762. The Kier molecular flexibility index (Phi) is 8.64. The highest BCUT2D eigenvalue weighted by atomic mass is 79.9. The van der Waals surface area contributed by atoms with Gasteiger partial charge in [-0.15, -0.1) is 0 Å². The molecule has 168 valence electrons. The Morgan fingerprint density at radius 3 is 2.16 bits per heavy atom. The van der Waals surface area contributed by atoms with Crippen molar-refractivity contribution in [3.05, 3.63) is 64.1 Å². The molecule has 2 amide bonds. The maximum atomic E-state index is 13.3. The molecular formula is C22H28BrN3O4S. The van der Waals surface area contributed by atoms with Crippen molar-refractivity contribution in [2.24, 2.45) is 0 Å². The molecule has 7 nitrogen and oxygen atoms in total. The van der Waals surface area contributed by atoms with Crippen LogP contribution in [0.15, 0.2) is 53.0 Å². The van der Waals surface area contributed by atoms with Crippen LogP contribution in [0.5, 0.6) is 0 Å². The summed E-state index contributed by atoms with van der Waals surface area (Å²) in [5, 5.41) is 2.72. The number of carbonyl (C=O) groups is 2. The number of nitrogens with one attached hydrogen (secondary N) is 1. The van der Waals surface area contributed by atoms with Gasteiger partial charge in [-0.2, -0.15) is 0 Å². The summed E-state index contributed by atoms with van der Waals surface area (Å²) in [4.78, 5) is 27.2. The number of carbonyl (C=O) groups excluding carboxylic acids is 2. The van der Waals surface area contributed by atoms with E-state index >= 15 is 0 Å². The van der Waals surface area contributed by atoms with Gasteiger partial charge in [-0.1, -0.05) is 45.8 Å². The molecule has 9 heteroatoms. The summed E-state index contributed by atoms with van der Waals surface area (Å²) in [6, 6.07) is 13.5. The second-order valence-corrected chi connectivity index (χ2v) is 10.1. The Morgan fingerprint density at radius 1 is 1.06 bits per heavy atom. The lowest BCUT2D eigenvalue weighted by Gasteiger charge is -2.31. The topological polar surface area (TPSA) is 86.8 Å². The Bertz CT molecular complexity index is 1010. The highest BCUT2D eigenvalue weighted by Gasteiger charge is 2.29. The van der Waals surface area contributed by atoms with Crippen LogP contribution in [0, 0.1) is 6.92 Å². The zero-order chi connectivity index (χ0) is 23.2. The van der Waals surface area contributed by atoms with Gasteiger partial charge in [0.1, 0.15) is 12.6 Å². The third kappa shape index (κ3) is 7.07. The summed E-state index contributed by atoms with van der Waals surface area (Å²) in [6.07, 6.45) is 1.06. The van der Waals surface area contributed by atoms with Crippen LogP contribution < -0.4 is 9.62 Å². The molecule has 0 unspecified atom stereocenters. The van der Waals surface area contributed by atoms with Gasteiger partial charge >= 0.3 is 0 Å². The SMILES string of the molecule is CCNC(=O)[C@H](C)N(Cc1ccc(Br)cc1)C(=O)CN(c1ccc(C)cc1)S(C)(=O)=O. The molecule has 1 N–H and O–H groups in total. The number of nitrogens with zero attached hydrogens (tertiary/aromatic N) is 2. The number of hydrogen-bond donors (Lipinski definition) is 1. The normalized spacial score (nSPS) is 12.2. The van der Waals surface area contributed by atoms with Crippen molar-refractivity contribution < 1.29 is 18.0 Å². The summed E-state index contributed by atoms with van der Waals surface area (Å²) in [7, 11) is -3.71.